The fourth-order valence-electron chi connectivity index (χ4n) is 2.41. The van der Waals surface area contributed by atoms with Crippen molar-refractivity contribution < 1.29 is 19.4 Å². The number of carboxylic acids is 1. The predicted molar refractivity (Wildman–Crippen MR) is 96.5 cm³/mol. The highest BCUT2D eigenvalue weighted by Gasteiger charge is 2.20. The van der Waals surface area contributed by atoms with E-state index in [1.165, 1.54) is 10.8 Å². The van der Waals surface area contributed by atoms with Crippen molar-refractivity contribution in [3.63, 3.8) is 0 Å². The lowest BCUT2D eigenvalue weighted by Crippen LogP contribution is -2.41. The second-order valence-electron chi connectivity index (χ2n) is 6.00. The van der Waals surface area contributed by atoms with Crippen LogP contribution in [0.25, 0.3) is 0 Å². The van der Waals surface area contributed by atoms with Crippen LogP contribution in [0.4, 0.5) is 4.79 Å². The number of aromatic nitrogens is 2. The van der Waals surface area contributed by atoms with Crippen LogP contribution in [0.3, 0.4) is 0 Å². The minimum atomic E-state index is -1.20. The van der Waals surface area contributed by atoms with E-state index in [-0.39, 0.29) is 19.6 Å². The molecule has 0 fully saturated rings. The normalized spacial score (nSPS) is 11.6. The van der Waals surface area contributed by atoms with Crippen LogP contribution in [0.15, 0.2) is 46.1 Å². The fourth-order valence-corrected chi connectivity index (χ4v) is 2.41. The van der Waals surface area contributed by atoms with Crippen LogP contribution in [-0.4, -0.2) is 32.8 Å². The summed E-state index contributed by atoms with van der Waals surface area (Å²) in [6.07, 6.45) is 0.989. The molecule has 1 atom stereocenters. The molecular weight excluding hydrogens is 354 g/mol. The van der Waals surface area contributed by atoms with Crippen LogP contribution >= 0.6 is 0 Å². The highest BCUT2D eigenvalue weighted by Crippen LogP contribution is 2.03. The molecule has 0 saturated carbocycles. The molecule has 9 nitrogen and oxygen atoms in total. The zero-order valence-corrected chi connectivity index (χ0v) is 14.8. The molecule has 1 heterocycles. The van der Waals surface area contributed by atoms with Crippen LogP contribution in [0.1, 0.15) is 24.0 Å². The Morgan fingerprint density at radius 1 is 1.26 bits per heavy atom. The van der Waals surface area contributed by atoms with Crippen molar-refractivity contribution in [3.05, 3.63) is 68.5 Å². The topological polar surface area (TPSA) is 130 Å². The molecule has 0 saturated heterocycles. The molecule has 0 radical (unpaired) electrons. The molecule has 1 amide bonds. The average molecular weight is 375 g/mol. The third-order valence-corrected chi connectivity index (χ3v) is 3.88. The van der Waals surface area contributed by atoms with Gasteiger partial charge in [0.2, 0.25) is 0 Å². The maximum Gasteiger partial charge on any atom is 0.408 e. The van der Waals surface area contributed by atoms with Gasteiger partial charge in [-0.1, -0.05) is 30.3 Å². The Bertz CT molecular complexity index is 903. The number of carbonyl (C=O) groups is 2. The third-order valence-electron chi connectivity index (χ3n) is 3.88. The Balaban J connectivity index is 1.85. The number of benzene rings is 1. The molecule has 1 aromatic carbocycles. The Morgan fingerprint density at radius 2 is 1.96 bits per heavy atom. The fraction of sp³-hybridized carbons (Fsp3) is 0.333. The summed E-state index contributed by atoms with van der Waals surface area (Å²) in [7, 11) is 0. The number of nitrogens with zero attached hydrogens (tertiary/aromatic N) is 1. The van der Waals surface area contributed by atoms with Gasteiger partial charge in [0, 0.05) is 18.3 Å². The summed E-state index contributed by atoms with van der Waals surface area (Å²) in [4.78, 5) is 48.4. The van der Waals surface area contributed by atoms with Gasteiger partial charge in [0.25, 0.3) is 5.56 Å². The number of hydrogen-bond acceptors (Lipinski definition) is 5. The van der Waals surface area contributed by atoms with Crippen molar-refractivity contribution in [2.75, 3.05) is 0 Å². The van der Waals surface area contributed by atoms with Crippen LogP contribution in [0.5, 0.6) is 0 Å². The number of ether oxygens (including phenoxy) is 1. The summed E-state index contributed by atoms with van der Waals surface area (Å²) in [5, 5.41) is 11.6. The molecule has 144 valence electrons. The lowest BCUT2D eigenvalue weighted by Gasteiger charge is -2.15. The second kappa shape index (κ2) is 9.37. The summed E-state index contributed by atoms with van der Waals surface area (Å²) in [5.74, 6) is -1.20. The minimum Gasteiger partial charge on any atom is -0.480 e. The van der Waals surface area contributed by atoms with Gasteiger partial charge in [0.15, 0.2) is 0 Å². The SMILES string of the molecule is Cc1cn(CCC[C@H](NC(=O)OCc2ccccc2)C(=O)O)c(=O)[nH]c1=O. The number of nitrogens with one attached hydrogen (secondary N) is 2. The minimum absolute atomic E-state index is 0.0328. The number of carboxylic acid groups (broad SMARTS) is 1. The van der Waals surface area contributed by atoms with Gasteiger partial charge in [-0.25, -0.2) is 14.4 Å². The number of aromatic amines is 1. The molecule has 0 bridgehead atoms. The van der Waals surface area contributed by atoms with E-state index >= 15 is 0 Å². The quantitative estimate of drug-likeness (QED) is 0.631. The average Bonchev–Trinajstić information content (AvgIpc) is 2.64. The largest absolute Gasteiger partial charge is 0.480 e. The van der Waals surface area contributed by atoms with Crippen LogP contribution < -0.4 is 16.6 Å². The number of H-pyrrole nitrogens is 1. The molecule has 0 unspecified atom stereocenters. The number of carbonyl (C=O) groups excluding carboxylic acids is 1. The van der Waals surface area contributed by atoms with Gasteiger partial charge in [-0.05, 0) is 25.3 Å². The van der Waals surface area contributed by atoms with Gasteiger partial charge >= 0.3 is 17.8 Å². The van der Waals surface area contributed by atoms with Gasteiger partial charge in [-0.15, -0.1) is 0 Å². The van der Waals surface area contributed by atoms with E-state index < -0.39 is 29.4 Å². The number of aliphatic carboxylic acids is 1. The molecule has 0 aliphatic rings. The number of amides is 1. The van der Waals surface area contributed by atoms with Crippen molar-refractivity contribution in [2.45, 2.75) is 39.0 Å². The van der Waals surface area contributed by atoms with Crippen LogP contribution in [0, 0.1) is 6.92 Å². The highest BCUT2D eigenvalue weighted by atomic mass is 16.5. The number of alkyl carbamates (subject to hydrolysis) is 1. The predicted octanol–water partition coefficient (Wildman–Crippen LogP) is 1.00. The lowest BCUT2D eigenvalue weighted by molar-refractivity contribution is -0.139. The molecule has 0 spiro atoms. The van der Waals surface area contributed by atoms with Crippen molar-refractivity contribution in [3.8, 4) is 0 Å². The second-order valence-corrected chi connectivity index (χ2v) is 6.00. The van der Waals surface area contributed by atoms with Crippen molar-refractivity contribution in [1.82, 2.24) is 14.9 Å². The van der Waals surface area contributed by atoms with Crippen molar-refractivity contribution >= 4 is 12.1 Å². The summed E-state index contributed by atoms with van der Waals surface area (Å²) in [5.41, 5.74) is 0.148. The van der Waals surface area contributed by atoms with Gasteiger partial charge in [0.1, 0.15) is 12.6 Å². The Kier molecular flexibility index (Phi) is 6.93. The third kappa shape index (κ3) is 6.14. The van der Waals surface area contributed by atoms with E-state index in [0.717, 1.165) is 5.56 Å². The highest BCUT2D eigenvalue weighted by molar-refractivity contribution is 5.79. The summed E-state index contributed by atoms with van der Waals surface area (Å²) in [6.45, 7) is 1.81. The Labute approximate surface area is 154 Å². The molecule has 0 aliphatic carbocycles. The first kappa shape index (κ1) is 20.0. The van der Waals surface area contributed by atoms with Gasteiger partial charge in [-0.2, -0.15) is 0 Å². The maximum atomic E-state index is 11.8. The molecule has 9 heteroatoms. The van der Waals surface area contributed by atoms with E-state index in [1.54, 1.807) is 31.2 Å². The smallest absolute Gasteiger partial charge is 0.408 e. The number of aryl methyl sites for hydroxylation is 2. The molecule has 3 N–H and O–H groups in total. The number of rotatable bonds is 8. The first-order valence-electron chi connectivity index (χ1n) is 8.37. The monoisotopic (exact) mass is 375 g/mol. The molecule has 0 aliphatic heterocycles. The number of hydrogen-bond donors (Lipinski definition) is 3. The van der Waals surface area contributed by atoms with Crippen LogP contribution in [-0.2, 0) is 22.7 Å². The molecule has 1 aromatic heterocycles. The van der Waals surface area contributed by atoms with E-state index in [1.807, 2.05) is 6.07 Å². The van der Waals surface area contributed by atoms with Crippen molar-refractivity contribution in [2.24, 2.45) is 0 Å². The maximum absolute atomic E-state index is 11.8. The molecular formula is C18H21N3O6. The zero-order chi connectivity index (χ0) is 19.8. The van der Waals surface area contributed by atoms with E-state index in [0.29, 0.717) is 12.0 Å². The van der Waals surface area contributed by atoms with Gasteiger partial charge < -0.3 is 19.7 Å². The molecule has 27 heavy (non-hydrogen) atoms. The summed E-state index contributed by atoms with van der Waals surface area (Å²) in [6, 6.07) is 7.86. The summed E-state index contributed by atoms with van der Waals surface area (Å²) >= 11 is 0. The lowest BCUT2D eigenvalue weighted by atomic mass is 10.1. The standard InChI is InChI=1S/C18H21N3O6/c1-12-10-21(17(25)20-15(12)22)9-5-8-14(16(23)24)19-18(26)27-11-13-6-3-2-4-7-13/h2-4,6-7,10,14H,5,8-9,11H2,1H3,(H,19,26)(H,23,24)(H,20,22,25)/t14-/m0/s1. The first-order chi connectivity index (χ1) is 12.9. The zero-order valence-electron chi connectivity index (χ0n) is 14.8. The molecule has 2 rings (SSSR count). The molecule has 2 aromatic rings. The van der Waals surface area contributed by atoms with Crippen molar-refractivity contribution in [1.29, 1.82) is 0 Å². The van der Waals surface area contributed by atoms with Gasteiger partial charge in [-0.3, -0.25) is 9.78 Å². The van der Waals surface area contributed by atoms with E-state index in [9.17, 15) is 24.3 Å². The van der Waals surface area contributed by atoms with Crippen LogP contribution in [0.2, 0.25) is 0 Å². The van der Waals surface area contributed by atoms with Gasteiger partial charge in [0.05, 0.1) is 0 Å². The first-order valence-corrected chi connectivity index (χ1v) is 8.37. The van der Waals surface area contributed by atoms with E-state index in [2.05, 4.69) is 10.3 Å². The van der Waals surface area contributed by atoms with E-state index in [4.69, 9.17) is 4.74 Å². The summed E-state index contributed by atoms with van der Waals surface area (Å²) < 4.78 is 6.31. The Morgan fingerprint density at radius 3 is 2.63 bits per heavy atom. The Hall–Kier alpha value is -3.36.